The molecule has 0 aliphatic carbocycles. The van der Waals surface area contributed by atoms with Crippen LogP contribution >= 0.6 is 23.5 Å². The van der Waals surface area contributed by atoms with Crippen molar-refractivity contribution in [3.8, 4) is 0 Å². The summed E-state index contributed by atoms with van der Waals surface area (Å²) in [7, 11) is 0. The Hall–Kier alpha value is -1.80. The van der Waals surface area contributed by atoms with Gasteiger partial charge in [-0.05, 0) is 44.4 Å². The summed E-state index contributed by atoms with van der Waals surface area (Å²) in [6.07, 6.45) is 3.41. The zero-order valence-electron chi connectivity index (χ0n) is 15.2. The molecule has 2 aromatic rings. The summed E-state index contributed by atoms with van der Waals surface area (Å²) in [5.74, 6) is 1.43. The highest BCUT2D eigenvalue weighted by Crippen LogP contribution is 2.37. The van der Waals surface area contributed by atoms with E-state index in [9.17, 15) is 9.18 Å². The zero-order chi connectivity index (χ0) is 19.0. The largest absolute Gasteiger partial charge is 0.382 e. The number of aliphatic imine (C=N–C) groups is 1. The fourth-order valence-corrected chi connectivity index (χ4v) is 5.55. The Labute approximate surface area is 165 Å². The van der Waals surface area contributed by atoms with Crippen molar-refractivity contribution in [2.45, 2.75) is 43.4 Å². The number of aryl methyl sites for hydroxylation is 1. The molecule has 4 rings (SSSR count). The van der Waals surface area contributed by atoms with Gasteiger partial charge in [0.1, 0.15) is 5.82 Å². The van der Waals surface area contributed by atoms with Gasteiger partial charge in [-0.25, -0.2) is 9.37 Å². The summed E-state index contributed by atoms with van der Waals surface area (Å²) in [6.45, 7) is 3.92. The fraction of sp³-hybridized carbons (Fsp3) is 0.421. The van der Waals surface area contributed by atoms with Crippen LogP contribution in [0.1, 0.15) is 24.5 Å². The molecule has 0 saturated heterocycles. The molecule has 142 valence electrons. The van der Waals surface area contributed by atoms with Gasteiger partial charge in [0.25, 0.3) is 5.56 Å². The van der Waals surface area contributed by atoms with E-state index in [1.54, 1.807) is 30.9 Å². The molecule has 2 N–H and O–H groups in total. The smallest absolute Gasteiger partial charge is 0.254 e. The molecule has 0 amide bonds. The second-order valence-electron chi connectivity index (χ2n) is 7.33. The van der Waals surface area contributed by atoms with Gasteiger partial charge < -0.3 is 10.3 Å². The number of fused-ring (bicyclic) bond motifs is 1. The number of nitrogens with zero attached hydrogens (tertiary/aromatic N) is 2. The third kappa shape index (κ3) is 4.21. The van der Waals surface area contributed by atoms with E-state index in [2.05, 4.69) is 22.2 Å². The van der Waals surface area contributed by atoms with E-state index in [-0.39, 0.29) is 23.0 Å². The molecule has 2 aliphatic heterocycles. The molecule has 5 nitrogen and oxygen atoms in total. The highest BCUT2D eigenvalue weighted by atomic mass is 32.2. The third-order valence-electron chi connectivity index (χ3n) is 4.81. The number of hydrogen-bond acceptors (Lipinski definition) is 6. The highest BCUT2D eigenvalue weighted by Gasteiger charge is 2.35. The van der Waals surface area contributed by atoms with E-state index in [1.807, 2.05) is 6.07 Å². The average molecular weight is 405 g/mol. The van der Waals surface area contributed by atoms with Gasteiger partial charge in [-0.2, -0.15) is 0 Å². The summed E-state index contributed by atoms with van der Waals surface area (Å²) in [4.78, 5) is 23.7. The number of halogens is 1. The molecule has 0 fully saturated rings. The van der Waals surface area contributed by atoms with Crippen molar-refractivity contribution in [1.29, 1.82) is 0 Å². The fourth-order valence-electron chi connectivity index (χ4n) is 3.48. The lowest BCUT2D eigenvalue weighted by Gasteiger charge is -2.24. The Morgan fingerprint density at radius 3 is 3.11 bits per heavy atom. The molecule has 0 saturated carbocycles. The average Bonchev–Trinajstić information content (AvgIpc) is 3.18. The SMILES string of the molecule is Cc1cnc(SCC2=NC(C)(CC3Cc4ccc(F)cc4N3)CS2)[nH]c1=O. The molecule has 2 unspecified atom stereocenters. The van der Waals surface area contributed by atoms with E-state index < -0.39 is 0 Å². The van der Waals surface area contributed by atoms with Crippen molar-refractivity contribution in [2.75, 3.05) is 16.8 Å². The molecule has 0 spiro atoms. The zero-order valence-corrected chi connectivity index (χ0v) is 16.8. The van der Waals surface area contributed by atoms with Crippen LogP contribution in [0.3, 0.4) is 0 Å². The third-order valence-corrected chi connectivity index (χ3v) is 7.23. The van der Waals surface area contributed by atoms with Crippen LogP contribution in [0.25, 0.3) is 0 Å². The lowest BCUT2D eigenvalue weighted by atomic mass is 9.94. The molecule has 3 heterocycles. The lowest BCUT2D eigenvalue weighted by Crippen LogP contribution is -2.31. The normalized spacial score (nSPS) is 23.8. The van der Waals surface area contributed by atoms with Crippen LogP contribution in [0, 0.1) is 12.7 Å². The molecule has 2 atom stereocenters. The minimum atomic E-state index is -0.204. The summed E-state index contributed by atoms with van der Waals surface area (Å²) in [5, 5.41) is 5.14. The Morgan fingerprint density at radius 1 is 1.44 bits per heavy atom. The number of thioether (sulfide) groups is 2. The van der Waals surface area contributed by atoms with Gasteiger partial charge in [0, 0.05) is 35.0 Å². The molecule has 0 bridgehead atoms. The van der Waals surface area contributed by atoms with Gasteiger partial charge in [0.2, 0.25) is 0 Å². The Balaban J connectivity index is 1.36. The molecular formula is C19H21FN4OS2. The number of hydrogen-bond donors (Lipinski definition) is 2. The Kier molecular flexibility index (Phi) is 5.03. The van der Waals surface area contributed by atoms with Crippen LogP contribution in [0.15, 0.2) is 39.3 Å². The molecular weight excluding hydrogens is 383 g/mol. The minimum absolute atomic E-state index is 0.0957. The minimum Gasteiger partial charge on any atom is -0.382 e. The van der Waals surface area contributed by atoms with Gasteiger partial charge in [0.15, 0.2) is 5.16 Å². The van der Waals surface area contributed by atoms with Crippen molar-refractivity contribution in [2.24, 2.45) is 4.99 Å². The lowest BCUT2D eigenvalue weighted by molar-refractivity contribution is 0.457. The Bertz CT molecular complexity index is 961. The van der Waals surface area contributed by atoms with Gasteiger partial charge in [-0.1, -0.05) is 17.8 Å². The number of H-pyrrole nitrogens is 1. The van der Waals surface area contributed by atoms with Crippen LogP contribution in [0.5, 0.6) is 0 Å². The number of aromatic nitrogens is 2. The van der Waals surface area contributed by atoms with Crippen molar-refractivity contribution < 1.29 is 4.39 Å². The van der Waals surface area contributed by atoms with E-state index in [4.69, 9.17) is 4.99 Å². The monoisotopic (exact) mass is 404 g/mol. The van der Waals surface area contributed by atoms with Crippen LogP contribution in [-0.4, -0.2) is 38.1 Å². The Morgan fingerprint density at radius 2 is 2.30 bits per heavy atom. The van der Waals surface area contributed by atoms with E-state index in [0.29, 0.717) is 16.5 Å². The summed E-state index contributed by atoms with van der Waals surface area (Å²) < 4.78 is 13.4. The maximum absolute atomic E-state index is 13.4. The summed E-state index contributed by atoms with van der Waals surface area (Å²) >= 11 is 3.27. The van der Waals surface area contributed by atoms with E-state index in [1.165, 1.54) is 23.4 Å². The first-order chi connectivity index (χ1) is 12.9. The van der Waals surface area contributed by atoms with Crippen LogP contribution in [-0.2, 0) is 6.42 Å². The van der Waals surface area contributed by atoms with Crippen molar-refractivity contribution in [3.05, 3.63) is 51.7 Å². The molecule has 2 aliphatic rings. The van der Waals surface area contributed by atoms with E-state index in [0.717, 1.165) is 29.3 Å². The van der Waals surface area contributed by atoms with Gasteiger partial charge in [-0.3, -0.25) is 9.79 Å². The maximum Gasteiger partial charge on any atom is 0.254 e. The number of benzene rings is 1. The highest BCUT2D eigenvalue weighted by molar-refractivity contribution is 8.16. The predicted octanol–water partition coefficient (Wildman–Crippen LogP) is 3.64. The topological polar surface area (TPSA) is 70.1 Å². The van der Waals surface area contributed by atoms with Crippen LogP contribution in [0.2, 0.25) is 0 Å². The quantitative estimate of drug-likeness (QED) is 0.588. The molecule has 0 radical (unpaired) electrons. The van der Waals surface area contributed by atoms with E-state index >= 15 is 0 Å². The first-order valence-corrected chi connectivity index (χ1v) is 10.8. The summed E-state index contributed by atoms with van der Waals surface area (Å²) in [5.41, 5.74) is 2.46. The van der Waals surface area contributed by atoms with Crippen molar-refractivity contribution in [1.82, 2.24) is 9.97 Å². The number of rotatable bonds is 5. The second-order valence-corrected chi connectivity index (χ2v) is 9.34. The molecule has 1 aromatic carbocycles. The number of nitrogens with one attached hydrogen (secondary N) is 2. The molecule has 8 heteroatoms. The maximum atomic E-state index is 13.4. The van der Waals surface area contributed by atoms with Crippen molar-refractivity contribution >= 4 is 34.3 Å². The first kappa shape index (κ1) is 18.6. The van der Waals surface area contributed by atoms with Gasteiger partial charge in [0.05, 0.1) is 10.6 Å². The predicted molar refractivity (Wildman–Crippen MR) is 111 cm³/mol. The first-order valence-electron chi connectivity index (χ1n) is 8.85. The van der Waals surface area contributed by atoms with Crippen LogP contribution in [0.4, 0.5) is 10.1 Å². The second kappa shape index (κ2) is 7.31. The van der Waals surface area contributed by atoms with Crippen LogP contribution < -0.4 is 10.9 Å². The number of aromatic amines is 1. The molecule has 1 aromatic heterocycles. The van der Waals surface area contributed by atoms with Gasteiger partial charge in [-0.15, -0.1) is 11.8 Å². The standard InChI is InChI=1S/C19H21FN4OS2/c1-11-8-21-18(23-17(11)25)26-9-16-24-19(2,10-27-16)7-14-5-12-3-4-13(20)6-15(12)22-14/h3-4,6,8,14,22H,5,7,9-10H2,1-2H3,(H,21,23,25). The summed E-state index contributed by atoms with van der Waals surface area (Å²) in [6, 6.07) is 5.23. The van der Waals surface area contributed by atoms with Gasteiger partial charge >= 0.3 is 0 Å². The molecule has 27 heavy (non-hydrogen) atoms. The number of anilines is 1. The van der Waals surface area contributed by atoms with Crippen molar-refractivity contribution in [3.63, 3.8) is 0 Å².